The molecule has 2 saturated carbocycles. The summed E-state index contributed by atoms with van der Waals surface area (Å²) in [7, 11) is 0. The number of hydrogen-bond donors (Lipinski definition) is 0. The lowest BCUT2D eigenvalue weighted by Crippen LogP contribution is -2.18. The normalized spacial score (nSPS) is 19.5. The van der Waals surface area contributed by atoms with Gasteiger partial charge in [0.1, 0.15) is 12.6 Å². The van der Waals surface area contributed by atoms with Crippen LogP contribution in [0, 0.1) is 42.2 Å². The molecule has 3 fully saturated rings. The fourth-order valence-electron chi connectivity index (χ4n) is 5.88. The first-order valence-corrected chi connectivity index (χ1v) is 19.6. The minimum absolute atomic E-state index is 0. The highest BCUT2D eigenvalue weighted by molar-refractivity contribution is 5.70. The van der Waals surface area contributed by atoms with Gasteiger partial charge in [0, 0.05) is 31.2 Å². The first-order chi connectivity index (χ1) is 24.4. The molecule has 7 nitrogen and oxygen atoms in total. The van der Waals surface area contributed by atoms with Gasteiger partial charge in [0.25, 0.3) is 0 Å². The number of aryl methyl sites for hydroxylation is 1. The summed E-state index contributed by atoms with van der Waals surface area (Å²) in [4.78, 5) is 44.9. The van der Waals surface area contributed by atoms with Gasteiger partial charge in [-0.25, -0.2) is 8.78 Å². The van der Waals surface area contributed by atoms with Crippen LogP contribution in [0.1, 0.15) is 178 Å². The molecule has 1 saturated heterocycles. The minimum atomic E-state index is -0.672. The topological polar surface area (TPSA) is 99.1 Å². The average molecular weight is 770 g/mol. The van der Waals surface area contributed by atoms with E-state index in [0.717, 1.165) is 44.2 Å². The van der Waals surface area contributed by atoms with Crippen molar-refractivity contribution < 1.29 is 37.4 Å². The highest BCUT2D eigenvalue weighted by atomic mass is 19.2. The summed E-state index contributed by atoms with van der Waals surface area (Å²) in [5.74, 6) is 0.351. The number of ether oxygens (including phenoxy) is 2. The first kappa shape index (κ1) is 57.7. The van der Waals surface area contributed by atoms with Crippen LogP contribution in [0.15, 0.2) is 17.1 Å². The Labute approximate surface area is 330 Å². The van der Waals surface area contributed by atoms with Crippen molar-refractivity contribution in [1.82, 2.24) is 0 Å². The predicted octanol–water partition coefficient (Wildman–Crippen LogP) is 12.5. The number of cyclic esters (lactones) is 1. The van der Waals surface area contributed by atoms with Crippen LogP contribution < -0.4 is 0 Å². The van der Waals surface area contributed by atoms with E-state index in [2.05, 4.69) is 36.7 Å². The van der Waals surface area contributed by atoms with Crippen LogP contribution in [0.4, 0.5) is 8.78 Å². The molecule has 0 spiro atoms. The summed E-state index contributed by atoms with van der Waals surface area (Å²) in [6.45, 7) is 14.5. The zero-order chi connectivity index (χ0) is 38.4. The Hall–Kier alpha value is -2.97. The number of carbonyl (C=O) groups excluding carboxylic acids is 4. The highest BCUT2D eigenvalue weighted by Crippen LogP contribution is 2.33. The SMILES string of the molecule is C.C.C.CC1CCC(=O)OC1.CCC1CCC(Cc2ccc(C)c(F)c2F)CC1.CCC=NC1CCCCC1.CCC=O.CCOC(=O)CCC(C)C=O. The molecule has 1 heterocycles. The zero-order valence-corrected chi connectivity index (χ0v) is 32.9. The Bertz CT molecular complexity index is 1100. The largest absolute Gasteiger partial charge is 0.466 e. The molecule has 9 heteroatoms. The molecule has 3 aliphatic rings. The van der Waals surface area contributed by atoms with Gasteiger partial charge in [-0.2, -0.15) is 0 Å². The third-order valence-corrected chi connectivity index (χ3v) is 9.36. The van der Waals surface area contributed by atoms with Crippen molar-refractivity contribution in [2.75, 3.05) is 13.2 Å². The molecule has 0 aromatic heterocycles. The van der Waals surface area contributed by atoms with Crippen molar-refractivity contribution in [3.8, 4) is 0 Å². The van der Waals surface area contributed by atoms with E-state index in [1.54, 1.807) is 32.9 Å². The Morgan fingerprint density at radius 2 is 1.50 bits per heavy atom. The number of aldehydes is 2. The Kier molecular flexibility index (Phi) is 39.5. The van der Waals surface area contributed by atoms with E-state index in [0.29, 0.717) is 74.3 Å². The van der Waals surface area contributed by atoms with Crippen LogP contribution in [-0.2, 0) is 35.1 Å². The average Bonchev–Trinajstić information content (AvgIpc) is 3.16. The Morgan fingerprint density at radius 1 is 0.907 bits per heavy atom. The molecule has 316 valence electrons. The molecule has 0 bridgehead atoms. The fraction of sp³-hybridized carbons (Fsp3) is 0.756. The van der Waals surface area contributed by atoms with Crippen LogP contribution in [0.5, 0.6) is 0 Å². The molecular weight excluding hydrogens is 688 g/mol. The summed E-state index contributed by atoms with van der Waals surface area (Å²) in [5.41, 5.74) is 0.948. The molecule has 2 aliphatic carbocycles. The standard InChI is InChI=1S/C16H22F2.C9H17N.C8H14O3.C6H10O2.C3H6O.3CH4/c1-3-12-5-7-13(8-6-12)10-14-9-4-11(2)15(17)16(14)18;1-2-8-10-9-6-4-3-5-7-9;1-3-11-8(10)5-4-7(2)6-9;1-5-2-3-6(7)8-4-5;1-2-3-4;;;/h4,9,12-13H,3,5-8,10H2,1-2H3;8-9H,2-7H2,1H3;6-7H,3-5H2,1-2H3;5H,2-4H2,1H3;3H,2H2,1H3;3*1H4. The molecule has 0 amide bonds. The van der Waals surface area contributed by atoms with Crippen LogP contribution in [0.2, 0.25) is 0 Å². The van der Waals surface area contributed by atoms with Gasteiger partial charge < -0.3 is 19.1 Å². The number of halogens is 2. The molecule has 1 aromatic rings. The summed E-state index contributed by atoms with van der Waals surface area (Å²) in [5, 5.41) is 0. The quantitative estimate of drug-likeness (QED) is 0.126. The molecule has 1 aromatic carbocycles. The van der Waals surface area contributed by atoms with Crippen LogP contribution in [0.3, 0.4) is 0 Å². The third-order valence-electron chi connectivity index (χ3n) is 9.36. The number of rotatable bonds is 11. The Balaban J connectivity index is -0.000000305. The first-order valence-electron chi connectivity index (χ1n) is 19.6. The summed E-state index contributed by atoms with van der Waals surface area (Å²) in [6, 6.07) is 4.11. The second-order valence-electron chi connectivity index (χ2n) is 14.1. The van der Waals surface area contributed by atoms with Crippen LogP contribution in [-0.4, -0.2) is 50.0 Å². The summed E-state index contributed by atoms with van der Waals surface area (Å²) in [6.07, 6.45) is 21.7. The molecule has 4 rings (SSSR count). The summed E-state index contributed by atoms with van der Waals surface area (Å²) >= 11 is 0. The van der Waals surface area contributed by atoms with Crippen molar-refractivity contribution in [3.63, 3.8) is 0 Å². The number of aliphatic imine (C=N–C) groups is 1. The smallest absolute Gasteiger partial charge is 0.305 e. The summed E-state index contributed by atoms with van der Waals surface area (Å²) < 4.78 is 36.7. The van der Waals surface area contributed by atoms with Gasteiger partial charge in [-0.05, 0) is 100 Å². The van der Waals surface area contributed by atoms with Gasteiger partial charge in [0.05, 0.1) is 13.2 Å². The molecule has 2 unspecified atom stereocenters. The van der Waals surface area contributed by atoms with E-state index >= 15 is 0 Å². The molecular formula is C45H81F2NO6. The molecule has 0 N–H and O–H groups in total. The molecule has 1 aliphatic heterocycles. The van der Waals surface area contributed by atoms with E-state index in [-0.39, 0.29) is 40.1 Å². The van der Waals surface area contributed by atoms with Crippen LogP contribution >= 0.6 is 0 Å². The molecule has 54 heavy (non-hydrogen) atoms. The zero-order valence-electron chi connectivity index (χ0n) is 32.9. The van der Waals surface area contributed by atoms with Gasteiger partial charge in [-0.1, -0.05) is 108 Å². The third kappa shape index (κ3) is 28.5. The van der Waals surface area contributed by atoms with E-state index in [1.807, 2.05) is 6.92 Å². The number of hydrogen-bond acceptors (Lipinski definition) is 7. The van der Waals surface area contributed by atoms with Gasteiger partial charge >= 0.3 is 11.9 Å². The molecule has 2 atom stereocenters. The number of carbonyl (C=O) groups is 4. The fourth-order valence-corrected chi connectivity index (χ4v) is 5.88. The van der Waals surface area contributed by atoms with E-state index in [9.17, 15) is 28.0 Å². The van der Waals surface area contributed by atoms with Gasteiger partial charge in [-0.3, -0.25) is 14.6 Å². The molecule has 0 radical (unpaired) electrons. The number of nitrogens with zero attached hydrogens (tertiary/aromatic N) is 1. The Morgan fingerprint density at radius 3 is 1.96 bits per heavy atom. The van der Waals surface area contributed by atoms with Gasteiger partial charge in [0.15, 0.2) is 11.6 Å². The maximum absolute atomic E-state index is 13.8. The highest BCUT2D eigenvalue weighted by Gasteiger charge is 2.22. The van der Waals surface area contributed by atoms with E-state index < -0.39 is 11.6 Å². The van der Waals surface area contributed by atoms with E-state index in [4.69, 9.17) is 4.74 Å². The van der Waals surface area contributed by atoms with Gasteiger partial charge in [-0.15, -0.1) is 0 Å². The van der Waals surface area contributed by atoms with Gasteiger partial charge in [0.2, 0.25) is 0 Å². The van der Waals surface area contributed by atoms with Crippen molar-refractivity contribution in [2.45, 2.75) is 186 Å². The second kappa shape index (κ2) is 37.0. The maximum atomic E-state index is 13.8. The van der Waals surface area contributed by atoms with Crippen molar-refractivity contribution in [3.05, 3.63) is 34.9 Å². The van der Waals surface area contributed by atoms with Crippen molar-refractivity contribution in [1.29, 1.82) is 0 Å². The second-order valence-corrected chi connectivity index (χ2v) is 14.1. The number of esters is 2. The predicted molar refractivity (Wildman–Crippen MR) is 223 cm³/mol. The van der Waals surface area contributed by atoms with Crippen LogP contribution in [0.25, 0.3) is 0 Å². The maximum Gasteiger partial charge on any atom is 0.305 e. The van der Waals surface area contributed by atoms with E-state index in [1.165, 1.54) is 51.4 Å². The van der Waals surface area contributed by atoms with Crippen molar-refractivity contribution >= 4 is 30.7 Å². The monoisotopic (exact) mass is 770 g/mol. The lowest BCUT2D eigenvalue weighted by molar-refractivity contribution is -0.149. The lowest BCUT2D eigenvalue weighted by atomic mass is 9.78. The number of benzene rings is 1. The lowest BCUT2D eigenvalue weighted by Gasteiger charge is -2.28. The minimum Gasteiger partial charge on any atom is -0.466 e. The van der Waals surface area contributed by atoms with Crippen molar-refractivity contribution in [2.24, 2.45) is 28.7 Å².